The molecule has 0 aromatic carbocycles. The highest BCUT2D eigenvalue weighted by atomic mass is 16.5. The van der Waals surface area contributed by atoms with Gasteiger partial charge in [0.1, 0.15) is 6.04 Å². The molecule has 1 unspecified atom stereocenters. The van der Waals surface area contributed by atoms with E-state index in [1.54, 1.807) is 0 Å². The Labute approximate surface area is 95.7 Å². The van der Waals surface area contributed by atoms with Gasteiger partial charge in [0, 0.05) is 6.54 Å². The van der Waals surface area contributed by atoms with Crippen LogP contribution in [0.1, 0.15) is 25.7 Å². The standard InChI is InChI=1S/C11H19NO4/c1-15-10(13)6-8-12-7-4-3-5-9(12)11(14)16-2/h9H,3-8H2,1-2H3. The summed E-state index contributed by atoms with van der Waals surface area (Å²) in [7, 11) is 2.77. The van der Waals surface area contributed by atoms with Crippen LogP contribution in [-0.4, -0.2) is 50.2 Å². The van der Waals surface area contributed by atoms with Crippen LogP contribution in [0.4, 0.5) is 0 Å². The number of esters is 2. The van der Waals surface area contributed by atoms with Crippen LogP contribution in [0.25, 0.3) is 0 Å². The van der Waals surface area contributed by atoms with Gasteiger partial charge in [-0.25, -0.2) is 0 Å². The van der Waals surface area contributed by atoms with Crippen molar-refractivity contribution in [2.45, 2.75) is 31.7 Å². The first-order valence-corrected chi connectivity index (χ1v) is 5.57. The highest BCUT2D eigenvalue weighted by Gasteiger charge is 2.29. The van der Waals surface area contributed by atoms with Gasteiger partial charge < -0.3 is 9.47 Å². The van der Waals surface area contributed by atoms with Gasteiger partial charge in [-0.3, -0.25) is 14.5 Å². The normalized spacial score (nSPS) is 21.5. The van der Waals surface area contributed by atoms with Crippen molar-refractivity contribution in [3.8, 4) is 0 Å². The minimum Gasteiger partial charge on any atom is -0.469 e. The molecule has 1 rings (SSSR count). The third-order valence-corrected chi connectivity index (χ3v) is 2.92. The second-order valence-electron chi connectivity index (χ2n) is 3.90. The van der Waals surface area contributed by atoms with E-state index in [9.17, 15) is 9.59 Å². The molecular weight excluding hydrogens is 210 g/mol. The molecule has 1 heterocycles. The first-order valence-electron chi connectivity index (χ1n) is 5.57. The molecular formula is C11H19NO4. The molecule has 5 nitrogen and oxygen atoms in total. The number of rotatable bonds is 4. The number of methoxy groups -OCH3 is 2. The van der Waals surface area contributed by atoms with Gasteiger partial charge in [-0.2, -0.15) is 0 Å². The van der Waals surface area contributed by atoms with Crippen LogP contribution < -0.4 is 0 Å². The van der Waals surface area contributed by atoms with Crippen LogP contribution in [0.15, 0.2) is 0 Å². The molecule has 0 amide bonds. The molecule has 1 saturated heterocycles. The van der Waals surface area contributed by atoms with Crippen molar-refractivity contribution in [3.63, 3.8) is 0 Å². The summed E-state index contributed by atoms with van der Waals surface area (Å²) >= 11 is 0. The average molecular weight is 229 g/mol. The highest BCUT2D eigenvalue weighted by Crippen LogP contribution is 2.18. The van der Waals surface area contributed by atoms with Crippen LogP contribution in [0.5, 0.6) is 0 Å². The van der Waals surface area contributed by atoms with E-state index in [-0.39, 0.29) is 18.0 Å². The summed E-state index contributed by atoms with van der Waals surface area (Å²) in [5.74, 6) is -0.446. The Kier molecular flexibility index (Phi) is 5.25. The van der Waals surface area contributed by atoms with E-state index in [1.807, 2.05) is 4.90 Å². The number of carbonyl (C=O) groups excluding carboxylic acids is 2. The second kappa shape index (κ2) is 6.48. The zero-order valence-corrected chi connectivity index (χ0v) is 9.90. The van der Waals surface area contributed by atoms with E-state index in [0.29, 0.717) is 13.0 Å². The summed E-state index contributed by atoms with van der Waals surface area (Å²) in [6.07, 6.45) is 3.24. The number of carbonyl (C=O) groups is 2. The lowest BCUT2D eigenvalue weighted by molar-refractivity contribution is -0.150. The molecule has 92 valence electrons. The fraction of sp³-hybridized carbons (Fsp3) is 0.818. The summed E-state index contributed by atoms with van der Waals surface area (Å²) in [5.41, 5.74) is 0. The van der Waals surface area contributed by atoms with Crippen molar-refractivity contribution in [3.05, 3.63) is 0 Å². The zero-order valence-electron chi connectivity index (χ0n) is 9.90. The number of ether oxygens (including phenoxy) is 2. The van der Waals surface area contributed by atoms with Crippen LogP contribution in [0, 0.1) is 0 Å². The van der Waals surface area contributed by atoms with Gasteiger partial charge in [-0.15, -0.1) is 0 Å². The molecule has 0 bridgehead atoms. The maximum Gasteiger partial charge on any atom is 0.323 e. The molecule has 5 heteroatoms. The van der Waals surface area contributed by atoms with Gasteiger partial charge in [0.25, 0.3) is 0 Å². The predicted molar refractivity (Wildman–Crippen MR) is 57.9 cm³/mol. The van der Waals surface area contributed by atoms with Crippen molar-refractivity contribution in [1.29, 1.82) is 0 Å². The largest absolute Gasteiger partial charge is 0.469 e. The van der Waals surface area contributed by atoms with Crippen LogP contribution in [-0.2, 0) is 19.1 Å². The quantitative estimate of drug-likeness (QED) is 0.660. The SMILES string of the molecule is COC(=O)CCN1CCCCC1C(=O)OC. The van der Waals surface area contributed by atoms with Gasteiger partial charge in [0.2, 0.25) is 0 Å². The Morgan fingerprint density at radius 2 is 2.00 bits per heavy atom. The van der Waals surface area contributed by atoms with E-state index < -0.39 is 0 Å². The summed E-state index contributed by atoms with van der Waals surface area (Å²) in [6, 6.07) is -0.191. The zero-order chi connectivity index (χ0) is 12.0. The Morgan fingerprint density at radius 3 is 2.62 bits per heavy atom. The molecule has 1 fully saturated rings. The third-order valence-electron chi connectivity index (χ3n) is 2.92. The summed E-state index contributed by atoms with van der Waals surface area (Å²) in [6.45, 7) is 1.41. The molecule has 1 atom stereocenters. The Bertz CT molecular complexity index is 254. The molecule has 0 radical (unpaired) electrons. The average Bonchev–Trinajstić information content (AvgIpc) is 2.35. The molecule has 0 aromatic rings. The number of hydrogen-bond acceptors (Lipinski definition) is 5. The first kappa shape index (κ1) is 13.0. The molecule has 16 heavy (non-hydrogen) atoms. The first-order chi connectivity index (χ1) is 7.69. The fourth-order valence-corrected chi connectivity index (χ4v) is 2.00. The lowest BCUT2D eigenvalue weighted by Crippen LogP contribution is -2.46. The maximum absolute atomic E-state index is 11.5. The summed E-state index contributed by atoms with van der Waals surface area (Å²) < 4.78 is 9.34. The Hall–Kier alpha value is -1.10. The van der Waals surface area contributed by atoms with Gasteiger partial charge in [0.15, 0.2) is 0 Å². The molecule has 0 N–H and O–H groups in total. The third kappa shape index (κ3) is 3.48. The van der Waals surface area contributed by atoms with Crippen LogP contribution in [0.3, 0.4) is 0 Å². The van der Waals surface area contributed by atoms with E-state index in [0.717, 1.165) is 25.8 Å². The van der Waals surface area contributed by atoms with Gasteiger partial charge in [-0.05, 0) is 19.4 Å². The highest BCUT2D eigenvalue weighted by molar-refractivity contribution is 5.76. The van der Waals surface area contributed by atoms with Crippen molar-refractivity contribution in [2.75, 3.05) is 27.3 Å². The number of piperidine rings is 1. The van der Waals surface area contributed by atoms with Crippen molar-refractivity contribution < 1.29 is 19.1 Å². The van der Waals surface area contributed by atoms with E-state index in [1.165, 1.54) is 14.2 Å². The van der Waals surface area contributed by atoms with Gasteiger partial charge in [0.05, 0.1) is 20.6 Å². The minimum absolute atomic E-state index is 0.191. The lowest BCUT2D eigenvalue weighted by atomic mass is 10.0. The Balaban J connectivity index is 2.47. The molecule has 0 aromatic heterocycles. The lowest BCUT2D eigenvalue weighted by Gasteiger charge is -2.33. The molecule has 0 saturated carbocycles. The predicted octanol–water partition coefficient (Wildman–Crippen LogP) is 0.577. The monoisotopic (exact) mass is 229 g/mol. The smallest absolute Gasteiger partial charge is 0.323 e. The molecule has 0 aliphatic carbocycles. The maximum atomic E-state index is 11.5. The van der Waals surface area contributed by atoms with E-state index in [2.05, 4.69) is 4.74 Å². The summed E-state index contributed by atoms with van der Waals surface area (Å²) in [4.78, 5) is 24.6. The number of likely N-dealkylation sites (tertiary alicyclic amines) is 1. The molecule has 1 aliphatic heterocycles. The van der Waals surface area contributed by atoms with E-state index >= 15 is 0 Å². The number of nitrogens with zero attached hydrogens (tertiary/aromatic N) is 1. The van der Waals surface area contributed by atoms with Crippen LogP contribution in [0.2, 0.25) is 0 Å². The number of hydrogen-bond donors (Lipinski definition) is 0. The fourth-order valence-electron chi connectivity index (χ4n) is 2.00. The summed E-state index contributed by atoms with van der Waals surface area (Å²) in [5, 5.41) is 0. The minimum atomic E-state index is -0.241. The van der Waals surface area contributed by atoms with Crippen molar-refractivity contribution >= 4 is 11.9 Å². The molecule has 1 aliphatic rings. The van der Waals surface area contributed by atoms with Crippen molar-refractivity contribution in [2.24, 2.45) is 0 Å². The van der Waals surface area contributed by atoms with Crippen LogP contribution >= 0.6 is 0 Å². The second-order valence-corrected chi connectivity index (χ2v) is 3.90. The van der Waals surface area contributed by atoms with Gasteiger partial charge in [-0.1, -0.05) is 6.42 Å². The Morgan fingerprint density at radius 1 is 1.25 bits per heavy atom. The topological polar surface area (TPSA) is 55.8 Å². The van der Waals surface area contributed by atoms with Gasteiger partial charge >= 0.3 is 11.9 Å². The van der Waals surface area contributed by atoms with Crippen molar-refractivity contribution in [1.82, 2.24) is 4.90 Å². The molecule has 0 spiro atoms. The van der Waals surface area contributed by atoms with E-state index in [4.69, 9.17) is 4.74 Å².